The summed E-state index contributed by atoms with van der Waals surface area (Å²) in [4.78, 5) is 0. The molecule has 0 saturated heterocycles. The third-order valence-corrected chi connectivity index (χ3v) is 6.31. The molecule has 0 amide bonds. The molecule has 0 heterocycles. The maximum Gasteiger partial charge on any atom is 0.186 e. The van der Waals surface area contributed by atoms with Crippen LogP contribution in [0.15, 0.2) is 30.3 Å². The quantitative estimate of drug-likeness (QED) is 0.724. The highest BCUT2D eigenvalue weighted by molar-refractivity contribution is 6.54. The molecular formula is C14H24OSi. The van der Waals surface area contributed by atoms with Crippen LogP contribution in [0, 0.1) is 0 Å². The van der Waals surface area contributed by atoms with Crippen LogP contribution < -0.4 is 0 Å². The third kappa shape index (κ3) is 4.50. The van der Waals surface area contributed by atoms with E-state index in [0.717, 1.165) is 6.04 Å². The average molecular weight is 236 g/mol. The smallest absolute Gasteiger partial charge is 0.186 e. The van der Waals surface area contributed by atoms with E-state index in [2.05, 4.69) is 65.0 Å². The summed E-state index contributed by atoms with van der Waals surface area (Å²) in [6.45, 7) is 11.2. The molecule has 0 spiro atoms. The van der Waals surface area contributed by atoms with Gasteiger partial charge in [-0.2, -0.15) is 0 Å². The molecule has 0 radical (unpaired) electrons. The molecule has 1 aromatic rings. The van der Waals surface area contributed by atoms with Crippen LogP contribution in [0.5, 0.6) is 0 Å². The average Bonchev–Trinajstić information content (AvgIpc) is 2.16. The van der Waals surface area contributed by atoms with E-state index in [1.807, 2.05) is 0 Å². The summed E-state index contributed by atoms with van der Waals surface area (Å²) in [5, 5.41) is 0.320. The molecule has 0 aliphatic rings. The molecule has 0 saturated carbocycles. The van der Waals surface area contributed by atoms with E-state index in [0.29, 0.717) is 11.1 Å². The minimum absolute atomic E-state index is 0.320. The van der Waals surface area contributed by atoms with Crippen molar-refractivity contribution in [3.05, 3.63) is 35.9 Å². The summed E-state index contributed by atoms with van der Waals surface area (Å²) in [6.07, 6.45) is 0.347. The number of benzene rings is 1. The number of hydrogen-bond donors (Lipinski definition) is 0. The second-order valence-corrected chi connectivity index (χ2v) is 9.12. The minimum Gasteiger partial charge on any atom is -0.417 e. The molecule has 0 aliphatic heterocycles. The van der Waals surface area contributed by atoms with E-state index < -0.39 is 9.04 Å². The summed E-state index contributed by atoms with van der Waals surface area (Å²) >= 11 is 0. The van der Waals surface area contributed by atoms with Gasteiger partial charge in [-0.15, -0.1) is 0 Å². The fourth-order valence-corrected chi connectivity index (χ4v) is 4.19. The first kappa shape index (κ1) is 13.5. The van der Waals surface area contributed by atoms with Gasteiger partial charge >= 0.3 is 0 Å². The standard InChI is InChI=1S/C14H24OSi/c1-12(2)15-16(14(3,4)5)11-13-9-7-6-8-10-13/h6-10,12,16H,11H2,1-5H3. The maximum absolute atomic E-state index is 6.16. The van der Waals surface area contributed by atoms with Gasteiger partial charge in [-0.1, -0.05) is 51.1 Å². The van der Waals surface area contributed by atoms with E-state index in [1.54, 1.807) is 0 Å². The second kappa shape index (κ2) is 5.64. The normalized spacial score (nSPS) is 14.1. The first-order chi connectivity index (χ1) is 7.39. The molecule has 0 N–H and O–H groups in total. The Morgan fingerprint density at radius 3 is 2.12 bits per heavy atom. The van der Waals surface area contributed by atoms with Crippen molar-refractivity contribution in [2.24, 2.45) is 0 Å². The highest BCUT2D eigenvalue weighted by Crippen LogP contribution is 2.30. The SMILES string of the molecule is CC(C)O[SiH](Cc1ccccc1)C(C)(C)C. The van der Waals surface area contributed by atoms with E-state index in [-0.39, 0.29) is 0 Å². The Hall–Kier alpha value is -0.603. The van der Waals surface area contributed by atoms with Crippen LogP contribution in [-0.2, 0) is 10.5 Å². The fraction of sp³-hybridized carbons (Fsp3) is 0.571. The Morgan fingerprint density at radius 1 is 1.12 bits per heavy atom. The van der Waals surface area contributed by atoms with Crippen LogP contribution in [0.2, 0.25) is 5.04 Å². The fourth-order valence-electron chi connectivity index (χ4n) is 1.72. The van der Waals surface area contributed by atoms with Crippen molar-refractivity contribution in [2.45, 2.75) is 51.8 Å². The Morgan fingerprint density at radius 2 is 1.69 bits per heavy atom. The van der Waals surface area contributed by atoms with E-state index in [1.165, 1.54) is 5.56 Å². The van der Waals surface area contributed by atoms with Gasteiger partial charge in [0, 0.05) is 6.10 Å². The number of hydrogen-bond acceptors (Lipinski definition) is 1. The first-order valence-electron chi connectivity index (χ1n) is 6.09. The van der Waals surface area contributed by atoms with Gasteiger partial charge < -0.3 is 4.43 Å². The lowest BCUT2D eigenvalue weighted by Gasteiger charge is -2.30. The van der Waals surface area contributed by atoms with E-state index in [9.17, 15) is 0 Å². The lowest BCUT2D eigenvalue weighted by atomic mass is 10.2. The third-order valence-electron chi connectivity index (χ3n) is 2.67. The molecule has 1 nitrogen and oxygen atoms in total. The van der Waals surface area contributed by atoms with Crippen LogP contribution in [-0.4, -0.2) is 15.1 Å². The lowest BCUT2D eigenvalue weighted by Crippen LogP contribution is -2.34. The zero-order chi connectivity index (χ0) is 12.2. The van der Waals surface area contributed by atoms with Crippen LogP contribution in [0.25, 0.3) is 0 Å². The van der Waals surface area contributed by atoms with Gasteiger partial charge in [-0.3, -0.25) is 0 Å². The van der Waals surface area contributed by atoms with Crippen molar-refractivity contribution >= 4 is 9.04 Å². The first-order valence-corrected chi connectivity index (χ1v) is 7.95. The monoisotopic (exact) mass is 236 g/mol. The Labute approximate surface area is 102 Å². The van der Waals surface area contributed by atoms with Gasteiger partial charge in [0.25, 0.3) is 0 Å². The van der Waals surface area contributed by atoms with E-state index >= 15 is 0 Å². The molecule has 90 valence electrons. The Balaban J connectivity index is 2.72. The predicted molar refractivity (Wildman–Crippen MR) is 73.2 cm³/mol. The second-order valence-electron chi connectivity index (χ2n) is 5.73. The van der Waals surface area contributed by atoms with Gasteiger partial charge in [0.1, 0.15) is 0 Å². The van der Waals surface area contributed by atoms with Gasteiger partial charge in [0.2, 0.25) is 0 Å². The van der Waals surface area contributed by atoms with Gasteiger partial charge in [-0.05, 0) is 30.5 Å². The molecule has 0 aliphatic carbocycles. The van der Waals surface area contributed by atoms with Crippen molar-refractivity contribution in [1.82, 2.24) is 0 Å². The minimum atomic E-state index is -1.21. The molecular weight excluding hydrogens is 212 g/mol. The van der Waals surface area contributed by atoms with Crippen molar-refractivity contribution in [2.75, 3.05) is 0 Å². The number of rotatable bonds is 4. The van der Waals surface area contributed by atoms with Crippen LogP contribution in [0.1, 0.15) is 40.2 Å². The summed E-state index contributed by atoms with van der Waals surface area (Å²) in [5.74, 6) is 0. The lowest BCUT2D eigenvalue weighted by molar-refractivity contribution is 0.228. The molecule has 0 aromatic heterocycles. The highest BCUT2D eigenvalue weighted by atomic mass is 28.3. The molecule has 1 rings (SSSR count). The predicted octanol–water partition coefficient (Wildman–Crippen LogP) is 3.72. The molecule has 0 fully saturated rings. The van der Waals surface area contributed by atoms with Crippen LogP contribution >= 0.6 is 0 Å². The van der Waals surface area contributed by atoms with Crippen molar-refractivity contribution in [1.29, 1.82) is 0 Å². The van der Waals surface area contributed by atoms with Crippen LogP contribution in [0.4, 0.5) is 0 Å². The van der Waals surface area contributed by atoms with E-state index in [4.69, 9.17) is 4.43 Å². The summed E-state index contributed by atoms with van der Waals surface area (Å²) in [6, 6.07) is 11.8. The molecule has 2 heteroatoms. The van der Waals surface area contributed by atoms with Crippen molar-refractivity contribution < 1.29 is 4.43 Å². The van der Waals surface area contributed by atoms with Crippen molar-refractivity contribution in [3.8, 4) is 0 Å². The topological polar surface area (TPSA) is 9.23 Å². The zero-order valence-corrected chi connectivity index (χ0v) is 12.3. The summed E-state index contributed by atoms with van der Waals surface area (Å²) in [5.41, 5.74) is 1.41. The molecule has 1 atom stereocenters. The molecule has 16 heavy (non-hydrogen) atoms. The Bertz CT molecular complexity index is 300. The summed E-state index contributed by atoms with van der Waals surface area (Å²) < 4.78 is 6.16. The maximum atomic E-state index is 6.16. The van der Waals surface area contributed by atoms with Crippen LogP contribution in [0.3, 0.4) is 0 Å². The van der Waals surface area contributed by atoms with Crippen molar-refractivity contribution in [3.63, 3.8) is 0 Å². The molecule has 1 aromatic carbocycles. The molecule has 1 unspecified atom stereocenters. The zero-order valence-electron chi connectivity index (χ0n) is 11.2. The largest absolute Gasteiger partial charge is 0.417 e. The van der Waals surface area contributed by atoms with Gasteiger partial charge in [0.15, 0.2) is 9.04 Å². The summed E-state index contributed by atoms with van der Waals surface area (Å²) in [7, 11) is -1.21. The Kier molecular flexibility index (Phi) is 4.75. The molecule has 0 bridgehead atoms. The van der Waals surface area contributed by atoms with Gasteiger partial charge in [0.05, 0.1) is 0 Å². The van der Waals surface area contributed by atoms with Gasteiger partial charge in [-0.25, -0.2) is 0 Å². The highest BCUT2D eigenvalue weighted by Gasteiger charge is 2.28.